The molecule has 0 unspecified atom stereocenters. The average Bonchev–Trinajstić information content (AvgIpc) is 2.50. The summed E-state index contributed by atoms with van der Waals surface area (Å²) in [4.78, 5) is 11.9. The fraction of sp³-hybridized carbons (Fsp3) is 0.188. The van der Waals surface area contributed by atoms with Crippen molar-refractivity contribution < 1.29 is 31.1 Å². The number of sulfonamides is 1. The molecular weight excluding hydrogens is 387 g/mol. The monoisotopic (exact) mass is 403 g/mol. The number of halogens is 3. The van der Waals surface area contributed by atoms with Crippen LogP contribution in [0.2, 0.25) is 0 Å². The van der Waals surface area contributed by atoms with Gasteiger partial charge in [-0.05, 0) is 29.8 Å². The van der Waals surface area contributed by atoms with E-state index in [0.717, 1.165) is 18.4 Å². The highest BCUT2D eigenvalue weighted by molar-refractivity contribution is 7.92. The molecule has 0 aliphatic heterocycles. The molecule has 2 aromatic rings. The number of ether oxygens (including phenoxy) is 1. The van der Waals surface area contributed by atoms with Gasteiger partial charge in [0.15, 0.2) is 0 Å². The Morgan fingerprint density at radius 3 is 2.41 bits per heavy atom. The smallest absolute Gasteiger partial charge is 0.406 e. The third kappa shape index (κ3) is 7.86. The molecule has 0 aliphatic rings. The van der Waals surface area contributed by atoms with Crippen LogP contribution >= 0.6 is 0 Å². The van der Waals surface area contributed by atoms with Gasteiger partial charge in [0.05, 0.1) is 6.26 Å². The number of amides is 2. The van der Waals surface area contributed by atoms with E-state index < -0.39 is 28.2 Å². The van der Waals surface area contributed by atoms with E-state index in [9.17, 15) is 26.4 Å². The lowest BCUT2D eigenvalue weighted by Crippen LogP contribution is -2.28. The number of nitrogens with one attached hydrogen (secondary N) is 3. The largest absolute Gasteiger partial charge is 0.573 e. The molecule has 0 atom stereocenters. The first-order chi connectivity index (χ1) is 12.5. The lowest BCUT2D eigenvalue weighted by molar-refractivity contribution is -0.274. The van der Waals surface area contributed by atoms with Gasteiger partial charge in [-0.3, -0.25) is 4.72 Å². The van der Waals surface area contributed by atoms with Crippen molar-refractivity contribution in [1.82, 2.24) is 5.32 Å². The highest BCUT2D eigenvalue weighted by Crippen LogP contribution is 2.25. The highest BCUT2D eigenvalue weighted by Gasteiger charge is 2.31. The molecule has 0 radical (unpaired) electrons. The fourth-order valence-corrected chi connectivity index (χ4v) is 2.64. The van der Waals surface area contributed by atoms with Crippen molar-refractivity contribution >= 4 is 27.4 Å². The second kappa shape index (κ2) is 8.16. The normalized spacial score (nSPS) is 11.6. The number of urea groups is 1. The van der Waals surface area contributed by atoms with E-state index in [-0.39, 0.29) is 12.2 Å². The lowest BCUT2D eigenvalue weighted by Gasteiger charge is -2.12. The van der Waals surface area contributed by atoms with Gasteiger partial charge in [0, 0.05) is 24.0 Å². The van der Waals surface area contributed by atoms with Crippen LogP contribution in [0.25, 0.3) is 0 Å². The summed E-state index contributed by atoms with van der Waals surface area (Å²) in [5, 5.41) is 4.90. The van der Waals surface area contributed by atoms with Gasteiger partial charge in [-0.1, -0.05) is 18.2 Å². The van der Waals surface area contributed by atoms with E-state index in [2.05, 4.69) is 20.1 Å². The number of hydrogen-bond donors (Lipinski definition) is 3. The van der Waals surface area contributed by atoms with Crippen molar-refractivity contribution in [1.29, 1.82) is 0 Å². The molecule has 2 amide bonds. The number of carbonyl (C=O) groups is 1. The summed E-state index contributed by atoms with van der Waals surface area (Å²) in [6, 6.07) is 10.6. The van der Waals surface area contributed by atoms with Crippen LogP contribution in [0.1, 0.15) is 5.56 Å². The summed E-state index contributed by atoms with van der Waals surface area (Å²) in [5.74, 6) is -0.458. The van der Waals surface area contributed by atoms with Crippen molar-refractivity contribution in [3.8, 4) is 5.75 Å². The van der Waals surface area contributed by atoms with Gasteiger partial charge in [0.2, 0.25) is 10.0 Å². The van der Waals surface area contributed by atoms with Crippen molar-refractivity contribution in [2.75, 3.05) is 16.3 Å². The Labute approximate surface area is 153 Å². The van der Waals surface area contributed by atoms with E-state index in [1.54, 1.807) is 24.3 Å². The first-order valence-electron chi connectivity index (χ1n) is 7.47. The summed E-state index contributed by atoms with van der Waals surface area (Å²) < 4.78 is 65.2. The van der Waals surface area contributed by atoms with Gasteiger partial charge >= 0.3 is 12.4 Å². The summed E-state index contributed by atoms with van der Waals surface area (Å²) in [7, 11) is -3.42. The molecule has 7 nitrogen and oxygen atoms in total. The second-order valence-corrected chi connectivity index (χ2v) is 7.21. The van der Waals surface area contributed by atoms with E-state index >= 15 is 0 Å². The standard InChI is InChI=1S/C16H16F3N3O4S/c1-27(24,25)22-13-6-2-4-11(8-13)10-20-15(23)21-12-5-3-7-14(9-12)26-16(17,18)19/h2-9,22H,10H2,1H3,(H2,20,21,23). The average molecular weight is 403 g/mol. The number of anilines is 2. The van der Waals surface area contributed by atoms with Gasteiger partial charge in [-0.2, -0.15) is 0 Å². The van der Waals surface area contributed by atoms with Crippen molar-refractivity contribution in [3.63, 3.8) is 0 Å². The Bertz CT molecular complexity index is 917. The molecule has 0 fully saturated rings. The quantitative estimate of drug-likeness (QED) is 0.690. The molecular formula is C16H16F3N3O4S. The molecule has 11 heteroatoms. The number of hydrogen-bond acceptors (Lipinski definition) is 4. The van der Waals surface area contributed by atoms with Gasteiger partial charge in [-0.15, -0.1) is 13.2 Å². The van der Waals surface area contributed by atoms with Crippen molar-refractivity contribution in [2.45, 2.75) is 12.9 Å². The van der Waals surface area contributed by atoms with Crippen LogP contribution < -0.4 is 20.1 Å². The number of alkyl halides is 3. The minimum Gasteiger partial charge on any atom is -0.406 e. The number of benzene rings is 2. The van der Waals surface area contributed by atoms with Crippen LogP contribution in [0, 0.1) is 0 Å². The van der Waals surface area contributed by atoms with Crippen LogP contribution in [0.4, 0.5) is 29.3 Å². The Hall–Kier alpha value is -2.95. The molecule has 146 valence electrons. The summed E-state index contributed by atoms with van der Waals surface area (Å²) in [6.07, 6.45) is -3.81. The van der Waals surface area contributed by atoms with Crippen LogP contribution in [0.15, 0.2) is 48.5 Å². The molecule has 0 heterocycles. The SMILES string of the molecule is CS(=O)(=O)Nc1cccc(CNC(=O)Nc2cccc(OC(F)(F)F)c2)c1. The van der Waals surface area contributed by atoms with Crippen LogP contribution in [0.5, 0.6) is 5.75 Å². The maximum Gasteiger partial charge on any atom is 0.573 e. The molecule has 0 aliphatic carbocycles. The van der Waals surface area contributed by atoms with Gasteiger partial charge in [0.25, 0.3) is 0 Å². The number of carbonyl (C=O) groups excluding carboxylic acids is 1. The van der Waals surface area contributed by atoms with Gasteiger partial charge in [0.1, 0.15) is 5.75 Å². The molecule has 0 bridgehead atoms. The minimum absolute atomic E-state index is 0.0733. The van der Waals surface area contributed by atoms with E-state index in [4.69, 9.17) is 0 Å². The van der Waals surface area contributed by atoms with Gasteiger partial charge in [-0.25, -0.2) is 13.2 Å². The van der Waals surface area contributed by atoms with E-state index in [1.165, 1.54) is 12.1 Å². The van der Waals surface area contributed by atoms with Crippen LogP contribution in [-0.4, -0.2) is 27.1 Å². The predicted octanol–water partition coefficient (Wildman–Crippen LogP) is 3.28. The molecule has 0 saturated heterocycles. The zero-order valence-electron chi connectivity index (χ0n) is 14.0. The summed E-state index contributed by atoms with van der Waals surface area (Å²) in [6.45, 7) is 0.0733. The molecule has 3 N–H and O–H groups in total. The molecule has 0 aromatic heterocycles. The molecule has 0 saturated carbocycles. The maximum atomic E-state index is 12.2. The molecule has 2 aromatic carbocycles. The van der Waals surface area contributed by atoms with Crippen molar-refractivity contribution in [3.05, 3.63) is 54.1 Å². The van der Waals surface area contributed by atoms with E-state index in [0.29, 0.717) is 11.3 Å². The molecule has 0 spiro atoms. The predicted molar refractivity (Wildman–Crippen MR) is 93.9 cm³/mol. The number of rotatable bonds is 6. The Morgan fingerprint density at radius 2 is 1.74 bits per heavy atom. The zero-order chi connectivity index (χ0) is 20.1. The van der Waals surface area contributed by atoms with Gasteiger partial charge < -0.3 is 15.4 Å². The third-order valence-corrected chi connectivity index (χ3v) is 3.62. The molecule has 27 heavy (non-hydrogen) atoms. The fourth-order valence-electron chi connectivity index (χ4n) is 2.09. The first-order valence-corrected chi connectivity index (χ1v) is 9.37. The Kier molecular flexibility index (Phi) is 6.16. The van der Waals surface area contributed by atoms with Crippen LogP contribution in [0.3, 0.4) is 0 Å². The summed E-state index contributed by atoms with van der Waals surface area (Å²) >= 11 is 0. The van der Waals surface area contributed by atoms with Crippen LogP contribution in [-0.2, 0) is 16.6 Å². The second-order valence-electron chi connectivity index (χ2n) is 5.46. The third-order valence-electron chi connectivity index (χ3n) is 3.01. The first kappa shape index (κ1) is 20.4. The minimum atomic E-state index is -4.83. The summed E-state index contributed by atoms with van der Waals surface area (Å²) in [5.41, 5.74) is 1.07. The maximum absolute atomic E-state index is 12.2. The Balaban J connectivity index is 1.93. The lowest BCUT2D eigenvalue weighted by atomic mass is 10.2. The molecule has 2 rings (SSSR count). The van der Waals surface area contributed by atoms with Crippen molar-refractivity contribution in [2.24, 2.45) is 0 Å². The topological polar surface area (TPSA) is 96.5 Å². The van der Waals surface area contributed by atoms with E-state index in [1.807, 2.05) is 0 Å². The highest BCUT2D eigenvalue weighted by atomic mass is 32.2. The Morgan fingerprint density at radius 1 is 1.07 bits per heavy atom. The zero-order valence-corrected chi connectivity index (χ0v) is 14.8.